The summed E-state index contributed by atoms with van der Waals surface area (Å²) in [5.41, 5.74) is 0.377. The quantitative estimate of drug-likeness (QED) is 0.899. The maximum atomic E-state index is 12.7. The molecule has 1 fully saturated rings. The van der Waals surface area contributed by atoms with Gasteiger partial charge in [0.15, 0.2) is 0 Å². The van der Waals surface area contributed by atoms with Gasteiger partial charge in [-0.05, 0) is 60.7 Å². The zero-order chi connectivity index (χ0) is 14.9. The summed E-state index contributed by atoms with van der Waals surface area (Å²) in [5.74, 6) is -1.15. The molecule has 1 atom stereocenters. The number of carboxylic acid groups (broad SMARTS) is 1. The molecule has 1 aliphatic heterocycles. The van der Waals surface area contributed by atoms with Crippen LogP contribution in [0.15, 0.2) is 22.7 Å². The molecule has 0 spiro atoms. The van der Waals surface area contributed by atoms with E-state index in [4.69, 9.17) is 0 Å². The lowest BCUT2D eigenvalue weighted by Gasteiger charge is -2.41. The molecule has 0 bridgehead atoms. The number of aryl methyl sites for hydroxylation is 1. The first kappa shape index (κ1) is 15.0. The van der Waals surface area contributed by atoms with Crippen molar-refractivity contribution < 1.29 is 14.7 Å². The minimum absolute atomic E-state index is 0.217. The molecule has 1 unspecified atom stereocenters. The molecule has 1 aromatic carbocycles. The van der Waals surface area contributed by atoms with Crippen LogP contribution in [0.4, 0.5) is 0 Å². The fourth-order valence-electron chi connectivity index (χ4n) is 2.63. The number of halogens is 1. The molecule has 1 heterocycles. The van der Waals surface area contributed by atoms with Crippen LogP contribution in [0.1, 0.15) is 42.1 Å². The van der Waals surface area contributed by atoms with E-state index < -0.39 is 11.5 Å². The number of nitrogens with zero attached hydrogens (tertiary/aromatic N) is 1. The predicted octanol–water partition coefficient (Wildman–Crippen LogP) is 3.23. The van der Waals surface area contributed by atoms with Crippen LogP contribution in [0, 0.1) is 6.92 Å². The SMILES string of the molecule is Cc1cccc(C(=O)N2CCCCC2(C)C(=O)O)c1Br. The summed E-state index contributed by atoms with van der Waals surface area (Å²) >= 11 is 3.43. The van der Waals surface area contributed by atoms with Crippen LogP contribution in [-0.2, 0) is 4.79 Å². The number of benzene rings is 1. The molecular weight excluding hydrogens is 322 g/mol. The highest BCUT2D eigenvalue weighted by Gasteiger charge is 2.44. The summed E-state index contributed by atoms with van der Waals surface area (Å²) in [6, 6.07) is 5.46. The number of rotatable bonds is 2. The van der Waals surface area contributed by atoms with E-state index in [2.05, 4.69) is 15.9 Å². The van der Waals surface area contributed by atoms with Crippen molar-refractivity contribution in [1.29, 1.82) is 0 Å². The van der Waals surface area contributed by atoms with Gasteiger partial charge in [0, 0.05) is 11.0 Å². The molecule has 5 heteroatoms. The highest BCUT2D eigenvalue weighted by atomic mass is 79.9. The number of amides is 1. The third-order valence-electron chi connectivity index (χ3n) is 4.02. The van der Waals surface area contributed by atoms with Gasteiger partial charge in [-0.2, -0.15) is 0 Å². The lowest BCUT2D eigenvalue weighted by Crippen LogP contribution is -2.57. The maximum Gasteiger partial charge on any atom is 0.329 e. The summed E-state index contributed by atoms with van der Waals surface area (Å²) in [6.07, 6.45) is 2.18. The van der Waals surface area contributed by atoms with Crippen molar-refractivity contribution in [2.75, 3.05) is 6.54 Å². The Morgan fingerprint density at radius 1 is 1.35 bits per heavy atom. The van der Waals surface area contributed by atoms with Crippen LogP contribution in [0.5, 0.6) is 0 Å². The van der Waals surface area contributed by atoms with E-state index in [1.807, 2.05) is 19.1 Å². The number of piperidine rings is 1. The van der Waals surface area contributed by atoms with E-state index >= 15 is 0 Å². The first-order valence-electron chi connectivity index (χ1n) is 6.68. The van der Waals surface area contributed by atoms with Gasteiger partial charge >= 0.3 is 5.97 Å². The van der Waals surface area contributed by atoms with Crippen LogP contribution in [0.2, 0.25) is 0 Å². The number of carbonyl (C=O) groups excluding carboxylic acids is 1. The number of hydrogen-bond acceptors (Lipinski definition) is 2. The summed E-state index contributed by atoms with van der Waals surface area (Å²) < 4.78 is 0.739. The lowest BCUT2D eigenvalue weighted by molar-refractivity contribution is -0.150. The second-order valence-electron chi connectivity index (χ2n) is 5.43. The Labute approximate surface area is 126 Å². The van der Waals surface area contributed by atoms with Crippen molar-refractivity contribution in [2.45, 2.75) is 38.6 Å². The van der Waals surface area contributed by atoms with Gasteiger partial charge < -0.3 is 10.0 Å². The fraction of sp³-hybridized carbons (Fsp3) is 0.467. The Balaban J connectivity index is 2.40. The topological polar surface area (TPSA) is 57.6 Å². The van der Waals surface area contributed by atoms with Crippen molar-refractivity contribution in [2.24, 2.45) is 0 Å². The standard InChI is InChI=1S/C15H18BrNO3/c1-10-6-5-7-11(12(10)16)13(18)17-9-4-3-8-15(17,2)14(19)20/h5-7H,3-4,8-9H2,1-2H3,(H,19,20). The average Bonchev–Trinajstić information content (AvgIpc) is 2.41. The van der Waals surface area contributed by atoms with E-state index in [0.717, 1.165) is 22.9 Å². The van der Waals surface area contributed by atoms with Crippen LogP contribution < -0.4 is 0 Å². The second kappa shape index (κ2) is 5.56. The third-order valence-corrected chi connectivity index (χ3v) is 5.07. The zero-order valence-corrected chi connectivity index (χ0v) is 13.2. The van der Waals surface area contributed by atoms with E-state index in [1.165, 1.54) is 4.90 Å². The highest BCUT2D eigenvalue weighted by molar-refractivity contribution is 9.10. The number of hydrogen-bond donors (Lipinski definition) is 1. The Morgan fingerprint density at radius 3 is 2.70 bits per heavy atom. The number of aliphatic carboxylic acids is 1. The minimum atomic E-state index is -1.11. The van der Waals surface area contributed by atoms with Crippen LogP contribution in [-0.4, -0.2) is 34.0 Å². The monoisotopic (exact) mass is 339 g/mol. The maximum absolute atomic E-state index is 12.7. The van der Waals surface area contributed by atoms with Gasteiger partial charge in [-0.3, -0.25) is 4.79 Å². The molecule has 0 aromatic heterocycles. The molecule has 1 amide bonds. The summed E-state index contributed by atoms with van der Waals surface area (Å²) in [4.78, 5) is 25.8. The Hall–Kier alpha value is -1.36. The van der Waals surface area contributed by atoms with Crippen LogP contribution in [0.3, 0.4) is 0 Å². The van der Waals surface area contributed by atoms with Gasteiger partial charge in [-0.15, -0.1) is 0 Å². The molecule has 0 aliphatic carbocycles. The van der Waals surface area contributed by atoms with Gasteiger partial charge in [-0.1, -0.05) is 12.1 Å². The predicted molar refractivity (Wildman–Crippen MR) is 79.8 cm³/mol. The second-order valence-corrected chi connectivity index (χ2v) is 6.22. The average molecular weight is 340 g/mol. The number of likely N-dealkylation sites (tertiary alicyclic amines) is 1. The van der Waals surface area contributed by atoms with E-state index in [1.54, 1.807) is 13.0 Å². The highest BCUT2D eigenvalue weighted by Crippen LogP contribution is 2.32. The zero-order valence-electron chi connectivity index (χ0n) is 11.6. The molecular formula is C15H18BrNO3. The Kier molecular flexibility index (Phi) is 4.18. The fourth-order valence-corrected chi connectivity index (χ4v) is 3.06. The number of carbonyl (C=O) groups is 2. The molecule has 1 aliphatic rings. The summed E-state index contributed by atoms with van der Waals surface area (Å²) in [6.45, 7) is 4.03. The summed E-state index contributed by atoms with van der Waals surface area (Å²) in [5, 5.41) is 9.48. The van der Waals surface area contributed by atoms with E-state index in [-0.39, 0.29) is 5.91 Å². The summed E-state index contributed by atoms with van der Waals surface area (Å²) in [7, 11) is 0. The molecule has 1 saturated heterocycles. The normalized spacial score (nSPS) is 22.6. The van der Waals surface area contributed by atoms with E-state index in [0.29, 0.717) is 18.5 Å². The van der Waals surface area contributed by atoms with Gasteiger partial charge in [0.05, 0.1) is 5.56 Å². The smallest absolute Gasteiger partial charge is 0.329 e. The van der Waals surface area contributed by atoms with Crippen molar-refractivity contribution in [3.05, 3.63) is 33.8 Å². The molecule has 20 heavy (non-hydrogen) atoms. The minimum Gasteiger partial charge on any atom is -0.480 e. The van der Waals surface area contributed by atoms with Gasteiger partial charge in [0.2, 0.25) is 0 Å². The molecule has 108 valence electrons. The van der Waals surface area contributed by atoms with Crippen LogP contribution >= 0.6 is 15.9 Å². The first-order chi connectivity index (χ1) is 9.38. The molecule has 1 aromatic rings. The first-order valence-corrected chi connectivity index (χ1v) is 7.47. The lowest BCUT2D eigenvalue weighted by atomic mass is 9.87. The largest absolute Gasteiger partial charge is 0.480 e. The Bertz CT molecular complexity index is 558. The molecule has 0 radical (unpaired) electrons. The van der Waals surface area contributed by atoms with Crippen LogP contribution in [0.25, 0.3) is 0 Å². The van der Waals surface area contributed by atoms with Crippen molar-refractivity contribution in [3.63, 3.8) is 0 Å². The van der Waals surface area contributed by atoms with Crippen molar-refractivity contribution in [3.8, 4) is 0 Å². The van der Waals surface area contributed by atoms with E-state index in [9.17, 15) is 14.7 Å². The molecule has 1 N–H and O–H groups in total. The molecule has 0 saturated carbocycles. The van der Waals surface area contributed by atoms with Crippen molar-refractivity contribution >= 4 is 27.8 Å². The van der Waals surface area contributed by atoms with Gasteiger partial charge in [-0.25, -0.2) is 4.79 Å². The van der Waals surface area contributed by atoms with Gasteiger partial charge in [0.25, 0.3) is 5.91 Å². The van der Waals surface area contributed by atoms with Gasteiger partial charge in [0.1, 0.15) is 5.54 Å². The van der Waals surface area contributed by atoms with Crippen molar-refractivity contribution in [1.82, 2.24) is 4.90 Å². The molecule has 2 rings (SSSR count). The third kappa shape index (κ3) is 2.46. The molecule has 4 nitrogen and oxygen atoms in total. The number of carboxylic acids is 1. The Morgan fingerprint density at radius 2 is 2.05 bits per heavy atom.